The highest BCUT2D eigenvalue weighted by atomic mass is 19.4. The van der Waals surface area contributed by atoms with Crippen molar-refractivity contribution in [1.82, 2.24) is 14.8 Å². The number of amides is 1. The molecule has 4 aliphatic rings. The third kappa shape index (κ3) is 4.05. The van der Waals surface area contributed by atoms with Gasteiger partial charge in [0.2, 0.25) is 5.91 Å². The summed E-state index contributed by atoms with van der Waals surface area (Å²) in [5.74, 6) is 0.309. The molecular weight excluding hydrogens is 438 g/mol. The molecule has 2 aliphatic heterocycles. The number of aromatic nitrogens is 1. The van der Waals surface area contributed by atoms with Gasteiger partial charge in [-0.3, -0.25) is 14.7 Å². The van der Waals surface area contributed by atoms with E-state index in [-0.39, 0.29) is 37.1 Å². The van der Waals surface area contributed by atoms with E-state index in [1.165, 1.54) is 0 Å². The smallest absolute Gasteiger partial charge is 0.378 e. The predicted molar refractivity (Wildman–Crippen MR) is 113 cm³/mol. The molecule has 3 fully saturated rings. The van der Waals surface area contributed by atoms with Crippen LogP contribution in [0.4, 0.5) is 17.6 Å². The molecular formula is C24H31F4N3O2. The molecule has 1 saturated heterocycles. The number of hydrogen-bond acceptors (Lipinski definition) is 4. The Hall–Kier alpha value is -1.74. The zero-order chi connectivity index (χ0) is 23.4. The van der Waals surface area contributed by atoms with E-state index in [0.717, 1.165) is 37.9 Å². The lowest BCUT2D eigenvalue weighted by Gasteiger charge is -2.39. The quantitative estimate of drug-likeness (QED) is 0.628. The fourth-order valence-corrected chi connectivity index (χ4v) is 6.76. The summed E-state index contributed by atoms with van der Waals surface area (Å²) >= 11 is 0. The van der Waals surface area contributed by atoms with Crippen LogP contribution >= 0.6 is 0 Å². The zero-order valence-electron chi connectivity index (χ0n) is 18.9. The number of nitrogens with zero attached hydrogens (tertiary/aromatic N) is 3. The monoisotopic (exact) mass is 469 g/mol. The molecule has 1 aromatic heterocycles. The lowest BCUT2D eigenvalue weighted by molar-refractivity contribution is -0.144. The summed E-state index contributed by atoms with van der Waals surface area (Å²) in [7, 11) is 1.97. The van der Waals surface area contributed by atoms with E-state index in [1.807, 2.05) is 7.05 Å². The number of rotatable bonds is 3. The summed E-state index contributed by atoms with van der Waals surface area (Å²) in [5.41, 5.74) is -0.121. The van der Waals surface area contributed by atoms with E-state index in [4.69, 9.17) is 4.74 Å². The molecule has 0 N–H and O–H groups in total. The minimum absolute atomic E-state index is 0.0627. The Morgan fingerprint density at radius 1 is 1.33 bits per heavy atom. The van der Waals surface area contributed by atoms with Crippen LogP contribution in [-0.2, 0) is 28.7 Å². The number of pyridine rings is 1. The second-order valence-electron chi connectivity index (χ2n) is 10.3. The maximum absolute atomic E-state index is 14.5. The molecule has 1 amide bonds. The standard InChI is InChI=1S/C24H31F4N3O2/c1-30(21-5-8-33-14-19(21)25)18-10-16-3-2-6-23(16,11-18)22(32)31-7-4-20-15(13-31)9-17(12-29-20)24(26,27)28/h9,12,16,18-19,21H,2-8,10-11,13-14H2,1H3/t16-,18-,19+,21-,23-/m1/s1. The Labute approximate surface area is 191 Å². The highest BCUT2D eigenvalue weighted by Gasteiger charge is 2.57. The van der Waals surface area contributed by atoms with Gasteiger partial charge in [-0.05, 0) is 56.7 Å². The molecule has 33 heavy (non-hydrogen) atoms. The van der Waals surface area contributed by atoms with Crippen LogP contribution in [0.15, 0.2) is 12.3 Å². The number of carbonyl (C=O) groups excluding carboxylic acids is 1. The van der Waals surface area contributed by atoms with Crippen molar-refractivity contribution in [2.24, 2.45) is 11.3 Å². The van der Waals surface area contributed by atoms with Gasteiger partial charge in [0.1, 0.15) is 6.17 Å². The summed E-state index contributed by atoms with van der Waals surface area (Å²) < 4.78 is 59.3. The highest BCUT2D eigenvalue weighted by molar-refractivity contribution is 5.84. The van der Waals surface area contributed by atoms with Crippen molar-refractivity contribution in [3.63, 3.8) is 0 Å². The molecule has 0 spiro atoms. The van der Waals surface area contributed by atoms with Gasteiger partial charge in [0.25, 0.3) is 0 Å². The summed E-state index contributed by atoms with van der Waals surface area (Å²) in [6.45, 7) is 1.32. The minimum atomic E-state index is -4.45. The SMILES string of the molecule is CN([C@@H]1C[C@H]2CCC[C@@]2(C(=O)N2CCc3ncc(C(F)(F)F)cc3C2)C1)[C@@H]1CCOC[C@@H]1F. The highest BCUT2D eigenvalue weighted by Crippen LogP contribution is 2.56. The number of halogens is 4. The molecule has 182 valence electrons. The Morgan fingerprint density at radius 2 is 2.15 bits per heavy atom. The summed E-state index contributed by atoms with van der Waals surface area (Å²) in [4.78, 5) is 21.8. The number of ether oxygens (including phenoxy) is 1. The van der Waals surface area contributed by atoms with Crippen molar-refractivity contribution >= 4 is 5.91 Å². The molecule has 5 rings (SSSR count). The topological polar surface area (TPSA) is 45.7 Å². The molecule has 2 saturated carbocycles. The lowest BCUT2D eigenvalue weighted by atomic mass is 9.78. The summed E-state index contributed by atoms with van der Waals surface area (Å²) in [6, 6.07) is 1.09. The molecule has 9 heteroatoms. The predicted octanol–water partition coefficient (Wildman–Crippen LogP) is 3.99. The second kappa shape index (κ2) is 8.48. The van der Waals surface area contributed by atoms with E-state index in [2.05, 4.69) is 9.88 Å². The fraction of sp³-hybridized carbons (Fsp3) is 0.750. The maximum atomic E-state index is 14.5. The number of hydrogen-bond donors (Lipinski definition) is 0. The van der Waals surface area contributed by atoms with Crippen molar-refractivity contribution in [1.29, 1.82) is 0 Å². The third-order valence-electron chi connectivity index (χ3n) is 8.55. The normalized spacial score (nSPS) is 34.4. The van der Waals surface area contributed by atoms with Gasteiger partial charge in [-0.1, -0.05) is 6.42 Å². The van der Waals surface area contributed by atoms with Crippen molar-refractivity contribution in [2.45, 2.75) is 75.9 Å². The summed E-state index contributed by atoms with van der Waals surface area (Å²) in [6.07, 6.45) is 0.860. The summed E-state index contributed by atoms with van der Waals surface area (Å²) in [5, 5.41) is 0. The second-order valence-corrected chi connectivity index (χ2v) is 10.3. The van der Waals surface area contributed by atoms with Crippen molar-refractivity contribution < 1.29 is 27.1 Å². The van der Waals surface area contributed by atoms with E-state index >= 15 is 0 Å². The van der Waals surface area contributed by atoms with Gasteiger partial charge in [-0.2, -0.15) is 13.2 Å². The molecule has 0 radical (unpaired) electrons. The van der Waals surface area contributed by atoms with Gasteiger partial charge < -0.3 is 9.64 Å². The van der Waals surface area contributed by atoms with E-state index in [1.54, 1.807) is 4.90 Å². The first-order valence-corrected chi connectivity index (χ1v) is 12.0. The largest absolute Gasteiger partial charge is 0.417 e. The lowest BCUT2D eigenvalue weighted by Crippen LogP contribution is -2.50. The first-order valence-electron chi connectivity index (χ1n) is 12.0. The van der Waals surface area contributed by atoms with Crippen molar-refractivity contribution in [3.8, 4) is 0 Å². The molecule has 0 aromatic carbocycles. The van der Waals surface area contributed by atoms with E-state index in [9.17, 15) is 22.4 Å². The molecule has 1 aromatic rings. The first-order chi connectivity index (χ1) is 15.7. The van der Waals surface area contributed by atoms with E-state index < -0.39 is 23.3 Å². The van der Waals surface area contributed by atoms with Crippen LogP contribution in [0.25, 0.3) is 0 Å². The maximum Gasteiger partial charge on any atom is 0.417 e. The van der Waals surface area contributed by atoms with Crippen LogP contribution in [0.1, 0.15) is 55.3 Å². The third-order valence-corrected chi connectivity index (χ3v) is 8.55. The molecule has 3 heterocycles. The minimum Gasteiger partial charge on any atom is -0.378 e. The van der Waals surface area contributed by atoms with E-state index in [0.29, 0.717) is 43.7 Å². The van der Waals surface area contributed by atoms with Crippen molar-refractivity contribution in [2.75, 3.05) is 26.8 Å². The van der Waals surface area contributed by atoms with Crippen LogP contribution in [0.2, 0.25) is 0 Å². The Kier molecular flexibility index (Phi) is 5.92. The van der Waals surface area contributed by atoms with Crippen LogP contribution in [-0.4, -0.2) is 65.8 Å². The number of alkyl halides is 4. The van der Waals surface area contributed by atoms with Crippen LogP contribution in [0, 0.1) is 11.3 Å². The Balaban J connectivity index is 1.34. The average Bonchev–Trinajstić information content (AvgIpc) is 3.36. The van der Waals surface area contributed by atoms with Gasteiger partial charge >= 0.3 is 6.18 Å². The van der Waals surface area contributed by atoms with Gasteiger partial charge in [0.05, 0.1) is 17.6 Å². The molecule has 5 nitrogen and oxygen atoms in total. The van der Waals surface area contributed by atoms with Gasteiger partial charge in [0, 0.05) is 50.1 Å². The van der Waals surface area contributed by atoms with Crippen molar-refractivity contribution in [3.05, 3.63) is 29.1 Å². The number of fused-ring (bicyclic) bond motifs is 2. The first kappa shape index (κ1) is 23.0. The van der Waals surface area contributed by atoms with Gasteiger partial charge in [-0.25, -0.2) is 4.39 Å². The Morgan fingerprint density at radius 3 is 2.91 bits per heavy atom. The van der Waals surface area contributed by atoms with Gasteiger partial charge in [0.15, 0.2) is 0 Å². The Bertz CT molecular complexity index is 910. The molecule has 2 aliphatic carbocycles. The average molecular weight is 470 g/mol. The zero-order valence-corrected chi connectivity index (χ0v) is 18.9. The van der Waals surface area contributed by atoms with Crippen LogP contribution in [0.3, 0.4) is 0 Å². The fourth-order valence-electron chi connectivity index (χ4n) is 6.76. The van der Waals surface area contributed by atoms with Crippen LogP contribution in [0.5, 0.6) is 0 Å². The molecule has 0 bridgehead atoms. The number of carbonyl (C=O) groups is 1. The molecule has 5 atom stereocenters. The van der Waals surface area contributed by atoms with Gasteiger partial charge in [-0.15, -0.1) is 0 Å². The van der Waals surface area contributed by atoms with Crippen LogP contribution < -0.4 is 0 Å². The molecule has 0 unspecified atom stereocenters.